The van der Waals surface area contributed by atoms with Gasteiger partial charge in [0.05, 0.1) is 11.9 Å². The Labute approximate surface area is 161 Å². The topological polar surface area (TPSA) is 69.7 Å². The van der Waals surface area contributed by atoms with Gasteiger partial charge in [0.1, 0.15) is 0 Å². The highest BCUT2D eigenvalue weighted by molar-refractivity contribution is 7.92. The Hall–Kier alpha value is -1.31. The predicted octanol–water partition coefficient (Wildman–Crippen LogP) is 1.50. The summed E-state index contributed by atoms with van der Waals surface area (Å²) in [6.45, 7) is 4.24. The SMILES string of the molecule is CS(=O)(=O)N1CCc2cc(C(=O)N3CC[C@@H]4CNC[C@@H]4CC3)ccc21.Cl. The van der Waals surface area contributed by atoms with Crippen molar-refractivity contribution in [2.24, 2.45) is 11.8 Å². The molecule has 1 amide bonds. The molecule has 0 unspecified atom stereocenters. The molecule has 3 heterocycles. The van der Waals surface area contributed by atoms with E-state index in [1.54, 1.807) is 12.1 Å². The molecule has 0 bridgehead atoms. The maximum absolute atomic E-state index is 12.9. The minimum atomic E-state index is -3.25. The Morgan fingerprint density at radius 3 is 2.38 bits per heavy atom. The van der Waals surface area contributed by atoms with Gasteiger partial charge in [-0.1, -0.05) is 0 Å². The summed E-state index contributed by atoms with van der Waals surface area (Å²) in [6.07, 6.45) is 4.02. The fraction of sp³-hybridized carbons (Fsp3) is 0.611. The van der Waals surface area contributed by atoms with Crippen LogP contribution < -0.4 is 9.62 Å². The van der Waals surface area contributed by atoms with Crippen LogP contribution in [0.25, 0.3) is 0 Å². The lowest BCUT2D eigenvalue weighted by molar-refractivity contribution is 0.0758. The van der Waals surface area contributed by atoms with Gasteiger partial charge in [-0.05, 0) is 68.0 Å². The zero-order chi connectivity index (χ0) is 17.6. The number of rotatable bonds is 2. The van der Waals surface area contributed by atoms with Crippen LogP contribution in [0.2, 0.25) is 0 Å². The number of halogens is 1. The second kappa shape index (κ2) is 7.37. The van der Waals surface area contributed by atoms with E-state index in [2.05, 4.69) is 5.32 Å². The van der Waals surface area contributed by atoms with E-state index in [0.717, 1.165) is 50.3 Å². The van der Waals surface area contributed by atoms with Crippen LogP contribution >= 0.6 is 12.4 Å². The molecule has 1 aromatic rings. The van der Waals surface area contributed by atoms with E-state index in [1.165, 1.54) is 10.6 Å². The van der Waals surface area contributed by atoms with Crippen LogP contribution in [-0.2, 0) is 16.4 Å². The number of hydrogen-bond acceptors (Lipinski definition) is 4. The first kappa shape index (κ1) is 19.5. The molecule has 6 nitrogen and oxygen atoms in total. The van der Waals surface area contributed by atoms with Gasteiger partial charge in [0.2, 0.25) is 10.0 Å². The average molecular weight is 400 g/mol. The second-order valence-corrected chi connectivity index (χ2v) is 9.38. The van der Waals surface area contributed by atoms with Gasteiger partial charge in [0.15, 0.2) is 0 Å². The Morgan fingerprint density at radius 2 is 1.77 bits per heavy atom. The maximum atomic E-state index is 12.9. The van der Waals surface area contributed by atoms with Crippen LogP contribution in [0.4, 0.5) is 5.69 Å². The van der Waals surface area contributed by atoms with Gasteiger partial charge >= 0.3 is 0 Å². The van der Waals surface area contributed by atoms with Crippen molar-refractivity contribution in [2.75, 3.05) is 43.3 Å². The summed E-state index contributed by atoms with van der Waals surface area (Å²) < 4.78 is 25.1. The Bertz CT molecular complexity index is 785. The molecule has 2 atom stereocenters. The zero-order valence-electron chi connectivity index (χ0n) is 15.0. The van der Waals surface area contributed by atoms with E-state index < -0.39 is 10.0 Å². The van der Waals surface area contributed by atoms with Gasteiger partial charge in [0, 0.05) is 25.2 Å². The van der Waals surface area contributed by atoms with Crippen molar-refractivity contribution < 1.29 is 13.2 Å². The fourth-order valence-corrected chi connectivity index (χ4v) is 5.41. The number of nitrogens with zero attached hydrogens (tertiary/aromatic N) is 2. The standard InChI is InChI=1S/C18H25N3O3S.ClH/c1-25(23,24)21-9-6-13-10-14(2-3-17(13)21)18(22)20-7-4-15-11-19-12-16(15)5-8-20;/h2-3,10,15-16,19H,4-9,11-12H2,1H3;1H/t15-,16+;. The van der Waals surface area contributed by atoms with Gasteiger partial charge < -0.3 is 10.2 Å². The Balaban J connectivity index is 0.00000196. The van der Waals surface area contributed by atoms with Crippen molar-refractivity contribution in [3.8, 4) is 0 Å². The molecule has 1 N–H and O–H groups in total. The van der Waals surface area contributed by atoms with E-state index in [9.17, 15) is 13.2 Å². The third-order valence-electron chi connectivity index (χ3n) is 5.89. The number of anilines is 1. The van der Waals surface area contributed by atoms with Gasteiger partial charge in [-0.25, -0.2) is 8.42 Å². The number of carbonyl (C=O) groups is 1. The number of fused-ring (bicyclic) bond motifs is 2. The van der Waals surface area contributed by atoms with E-state index >= 15 is 0 Å². The van der Waals surface area contributed by atoms with Crippen molar-refractivity contribution in [2.45, 2.75) is 19.3 Å². The minimum Gasteiger partial charge on any atom is -0.339 e. The first-order chi connectivity index (χ1) is 11.9. The molecule has 2 saturated heterocycles. The van der Waals surface area contributed by atoms with Crippen molar-refractivity contribution in [1.29, 1.82) is 0 Å². The molecule has 0 aliphatic carbocycles. The summed E-state index contributed by atoms with van der Waals surface area (Å²) in [5.41, 5.74) is 2.35. The Morgan fingerprint density at radius 1 is 1.12 bits per heavy atom. The van der Waals surface area contributed by atoms with Crippen molar-refractivity contribution in [1.82, 2.24) is 10.2 Å². The molecule has 0 spiro atoms. The largest absolute Gasteiger partial charge is 0.339 e. The van der Waals surface area contributed by atoms with E-state index in [4.69, 9.17) is 0 Å². The smallest absolute Gasteiger partial charge is 0.253 e. The van der Waals surface area contributed by atoms with E-state index in [0.29, 0.717) is 30.4 Å². The van der Waals surface area contributed by atoms with Crippen LogP contribution in [0, 0.1) is 11.8 Å². The summed E-state index contributed by atoms with van der Waals surface area (Å²) in [6, 6.07) is 5.45. The number of hydrogen-bond donors (Lipinski definition) is 1. The average Bonchev–Trinajstić information content (AvgIpc) is 3.15. The van der Waals surface area contributed by atoms with Crippen LogP contribution in [0.15, 0.2) is 18.2 Å². The first-order valence-corrected chi connectivity index (χ1v) is 10.9. The first-order valence-electron chi connectivity index (χ1n) is 9.04. The van der Waals surface area contributed by atoms with Gasteiger partial charge in [-0.3, -0.25) is 9.10 Å². The van der Waals surface area contributed by atoms with E-state index in [-0.39, 0.29) is 18.3 Å². The van der Waals surface area contributed by atoms with Crippen LogP contribution in [0.1, 0.15) is 28.8 Å². The molecule has 0 aromatic heterocycles. The molecule has 4 rings (SSSR count). The highest BCUT2D eigenvalue weighted by Gasteiger charge is 2.32. The molecule has 1 aromatic carbocycles. The van der Waals surface area contributed by atoms with Gasteiger partial charge in [0.25, 0.3) is 5.91 Å². The number of likely N-dealkylation sites (tertiary alicyclic amines) is 1. The quantitative estimate of drug-likeness (QED) is 0.818. The lowest BCUT2D eigenvalue weighted by atomic mass is 9.92. The number of amides is 1. The summed E-state index contributed by atoms with van der Waals surface area (Å²) in [5.74, 6) is 1.47. The molecule has 26 heavy (non-hydrogen) atoms. The molecular weight excluding hydrogens is 374 g/mol. The van der Waals surface area contributed by atoms with Crippen molar-refractivity contribution in [3.05, 3.63) is 29.3 Å². The normalized spacial score (nSPS) is 25.3. The lowest BCUT2D eigenvalue weighted by Gasteiger charge is -2.22. The third kappa shape index (κ3) is 3.57. The molecule has 3 aliphatic rings. The van der Waals surface area contributed by atoms with Crippen molar-refractivity contribution >= 4 is 34.0 Å². The molecule has 0 saturated carbocycles. The summed E-state index contributed by atoms with van der Waals surface area (Å²) in [5, 5.41) is 3.46. The van der Waals surface area contributed by atoms with Crippen LogP contribution in [0.3, 0.4) is 0 Å². The van der Waals surface area contributed by atoms with Crippen LogP contribution in [0.5, 0.6) is 0 Å². The fourth-order valence-electron chi connectivity index (χ4n) is 4.45. The van der Waals surface area contributed by atoms with Gasteiger partial charge in [-0.15, -0.1) is 12.4 Å². The van der Waals surface area contributed by atoms with E-state index in [1.807, 2.05) is 11.0 Å². The molecule has 3 aliphatic heterocycles. The molecule has 0 radical (unpaired) electrons. The third-order valence-corrected chi connectivity index (χ3v) is 7.07. The number of sulfonamides is 1. The molecule has 2 fully saturated rings. The van der Waals surface area contributed by atoms with Gasteiger partial charge in [-0.2, -0.15) is 0 Å². The second-order valence-electron chi connectivity index (χ2n) is 7.48. The predicted molar refractivity (Wildman–Crippen MR) is 105 cm³/mol. The number of benzene rings is 1. The van der Waals surface area contributed by atoms with Crippen LogP contribution in [-0.4, -0.2) is 58.2 Å². The number of carbonyl (C=O) groups excluding carboxylic acids is 1. The summed E-state index contributed by atoms with van der Waals surface area (Å²) >= 11 is 0. The highest BCUT2D eigenvalue weighted by atomic mass is 35.5. The molecular formula is C18H26ClN3O3S. The highest BCUT2D eigenvalue weighted by Crippen LogP contribution is 2.32. The zero-order valence-corrected chi connectivity index (χ0v) is 16.6. The summed E-state index contributed by atoms with van der Waals surface area (Å²) in [7, 11) is -3.25. The minimum absolute atomic E-state index is 0. The monoisotopic (exact) mass is 399 g/mol. The molecule has 8 heteroatoms. The summed E-state index contributed by atoms with van der Waals surface area (Å²) in [4.78, 5) is 14.9. The molecule has 144 valence electrons. The Kier molecular flexibility index (Phi) is 5.51. The number of nitrogens with one attached hydrogen (secondary N) is 1. The van der Waals surface area contributed by atoms with Crippen molar-refractivity contribution in [3.63, 3.8) is 0 Å². The maximum Gasteiger partial charge on any atom is 0.253 e. The lowest BCUT2D eigenvalue weighted by Crippen LogP contribution is -2.32.